The van der Waals surface area contributed by atoms with Gasteiger partial charge in [-0.3, -0.25) is 13.9 Å². The summed E-state index contributed by atoms with van der Waals surface area (Å²) >= 11 is 0. The van der Waals surface area contributed by atoms with E-state index in [0.29, 0.717) is 17.1 Å². The predicted octanol–water partition coefficient (Wildman–Crippen LogP) is 4.02. The van der Waals surface area contributed by atoms with Crippen molar-refractivity contribution in [3.05, 3.63) is 89.7 Å². The Labute approximate surface area is 245 Å². The zero-order valence-electron chi connectivity index (χ0n) is 23.4. The van der Waals surface area contributed by atoms with Gasteiger partial charge < -0.3 is 19.7 Å². The van der Waals surface area contributed by atoms with Gasteiger partial charge in [0.1, 0.15) is 18.4 Å². The van der Waals surface area contributed by atoms with E-state index in [0.717, 1.165) is 41.8 Å². The third kappa shape index (κ3) is 7.20. The lowest BCUT2D eigenvalue weighted by Gasteiger charge is -2.34. The number of hydrogen-bond donors (Lipinski definition) is 1. The van der Waals surface area contributed by atoms with E-state index in [-0.39, 0.29) is 37.4 Å². The molecule has 3 aromatic rings. The van der Waals surface area contributed by atoms with Gasteiger partial charge in [-0.15, -0.1) is 0 Å². The first kappa shape index (κ1) is 29.4. The van der Waals surface area contributed by atoms with Gasteiger partial charge in [-0.05, 0) is 48.2 Å². The molecule has 2 amide bonds. The Kier molecular flexibility index (Phi) is 8.96. The van der Waals surface area contributed by atoms with Crippen LogP contribution in [-0.4, -0.2) is 56.8 Å². The van der Waals surface area contributed by atoms with Crippen LogP contribution < -0.4 is 19.1 Å². The zero-order chi connectivity index (χ0) is 29.7. The fourth-order valence-electron chi connectivity index (χ4n) is 5.36. The standard InChI is InChI=1S/C31H34FN3O6S/c1-42(38,39)35(26-15-16-28-29(18-26)41-21-40-28)20-30(36)34(19-23-11-13-24(32)14-12-23)27(17-22-7-3-2-4-8-22)31(37)33-25-9-5-6-10-25/h2-4,7-8,11-16,18,25,27H,5-6,9-10,17,19-21H2,1H3,(H,33,37)/t27-/m0/s1. The number of sulfonamides is 1. The molecule has 0 spiro atoms. The predicted molar refractivity (Wildman–Crippen MR) is 156 cm³/mol. The number of ether oxygens (including phenoxy) is 2. The third-order valence-corrected chi connectivity index (χ3v) is 8.70. The molecule has 0 radical (unpaired) electrons. The fraction of sp³-hybridized carbons (Fsp3) is 0.355. The Morgan fingerprint density at radius 2 is 1.64 bits per heavy atom. The van der Waals surface area contributed by atoms with E-state index in [1.807, 2.05) is 30.3 Å². The molecule has 3 aromatic carbocycles. The number of benzene rings is 3. The van der Waals surface area contributed by atoms with Gasteiger partial charge >= 0.3 is 0 Å². The summed E-state index contributed by atoms with van der Waals surface area (Å²) in [4.78, 5) is 29.4. The first-order chi connectivity index (χ1) is 20.2. The Bertz CT molecular complexity index is 1510. The van der Waals surface area contributed by atoms with Crippen LogP contribution in [-0.2, 0) is 32.6 Å². The Morgan fingerprint density at radius 1 is 0.952 bits per heavy atom. The molecule has 222 valence electrons. The summed E-state index contributed by atoms with van der Waals surface area (Å²) in [6, 6.07) is 18.7. The van der Waals surface area contributed by atoms with Crippen LogP contribution in [0.3, 0.4) is 0 Å². The number of hydrogen-bond acceptors (Lipinski definition) is 6. The highest BCUT2D eigenvalue weighted by atomic mass is 32.2. The van der Waals surface area contributed by atoms with E-state index >= 15 is 0 Å². The Balaban J connectivity index is 1.50. The van der Waals surface area contributed by atoms with Gasteiger partial charge in [0.2, 0.25) is 28.6 Å². The van der Waals surface area contributed by atoms with Gasteiger partial charge in [0, 0.05) is 25.1 Å². The van der Waals surface area contributed by atoms with Crippen LogP contribution in [0.2, 0.25) is 0 Å². The highest BCUT2D eigenvalue weighted by Gasteiger charge is 2.34. The summed E-state index contributed by atoms with van der Waals surface area (Å²) in [6.07, 6.45) is 5.00. The van der Waals surface area contributed by atoms with Crippen LogP contribution in [0.4, 0.5) is 10.1 Å². The minimum Gasteiger partial charge on any atom is -0.454 e. The molecule has 1 saturated carbocycles. The van der Waals surface area contributed by atoms with E-state index < -0.39 is 34.3 Å². The lowest BCUT2D eigenvalue weighted by Crippen LogP contribution is -2.54. The molecule has 2 aliphatic rings. The molecule has 42 heavy (non-hydrogen) atoms. The first-order valence-corrected chi connectivity index (χ1v) is 15.8. The van der Waals surface area contributed by atoms with Gasteiger partial charge in [0.15, 0.2) is 11.5 Å². The van der Waals surface area contributed by atoms with Crippen molar-refractivity contribution >= 4 is 27.5 Å². The average molecular weight is 596 g/mol. The molecule has 5 rings (SSSR count). The number of carbonyl (C=O) groups excluding carboxylic acids is 2. The first-order valence-electron chi connectivity index (χ1n) is 13.9. The number of nitrogens with zero attached hydrogens (tertiary/aromatic N) is 2. The van der Waals surface area contributed by atoms with Crippen molar-refractivity contribution in [2.24, 2.45) is 0 Å². The maximum absolute atomic E-state index is 14.2. The summed E-state index contributed by atoms with van der Waals surface area (Å²) in [7, 11) is -3.93. The van der Waals surface area contributed by atoms with Crippen LogP contribution in [0.1, 0.15) is 36.8 Å². The smallest absolute Gasteiger partial charge is 0.244 e. The number of halogens is 1. The zero-order valence-corrected chi connectivity index (χ0v) is 24.2. The van der Waals surface area contributed by atoms with Crippen LogP contribution >= 0.6 is 0 Å². The molecule has 0 aromatic heterocycles. The molecular formula is C31H34FN3O6S. The Morgan fingerprint density at radius 3 is 2.33 bits per heavy atom. The van der Waals surface area contributed by atoms with Crippen LogP contribution in [0.25, 0.3) is 0 Å². The minimum absolute atomic E-state index is 0.0132. The molecule has 0 saturated heterocycles. The lowest BCUT2D eigenvalue weighted by atomic mass is 10.0. The van der Waals surface area contributed by atoms with Crippen molar-refractivity contribution < 1.29 is 31.9 Å². The highest BCUT2D eigenvalue weighted by Crippen LogP contribution is 2.36. The summed E-state index contributed by atoms with van der Waals surface area (Å²) in [6.45, 7) is -0.561. The molecular weight excluding hydrogens is 561 g/mol. The number of carbonyl (C=O) groups is 2. The van der Waals surface area contributed by atoms with Crippen LogP contribution in [0.15, 0.2) is 72.8 Å². The van der Waals surface area contributed by atoms with E-state index in [2.05, 4.69) is 5.32 Å². The van der Waals surface area contributed by atoms with Crippen LogP contribution in [0.5, 0.6) is 11.5 Å². The fourth-order valence-corrected chi connectivity index (χ4v) is 6.20. The summed E-state index contributed by atoms with van der Waals surface area (Å²) in [5.41, 5.74) is 1.68. The van der Waals surface area contributed by atoms with Gasteiger partial charge in [0.05, 0.1) is 11.9 Å². The monoisotopic (exact) mass is 595 g/mol. The van der Waals surface area contributed by atoms with Crippen molar-refractivity contribution in [2.45, 2.75) is 50.7 Å². The summed E-state index contributed by atoms with van der Waals surface area (Å²) in [5.74, 6) is -0.472. The number of nitrogens with one attached hydrogen (secondary N) is 1. The van der Waals surface area contributed by atoms with E-state index in [4.69, 9.17) is 9.47 Å². The molecule has 11 heteroatoms. The molecule has 1 atom stereocenters. The molecule has 1 heterocycles. The van der Waals surface area contributed by atoms with Gasteiger partial charge in [0.25, 0.3) is 0 Å². The van der Waals surface area contributed by atoms with Crippen molar-refractivity contribution in [1.82, 2.24) is 10.2 Å². The van der Waals surface area contributed by atoms with E-state index in [9.17, 15) is 22.4 Å². The number of amides is 2. The maximum Gasteiger partial charge on any atom is 0.244 e. The topological polar surface area (TPSA) is 105 Å². The van der Waals surface area contributed by atoms with Gasteiger partial charge in [-0.1, -0.05) is 55.3 Å². The normalized spacial score (nSPS) is 15.3. The van der Waals surface area contributed by atoms with Crippen molar-refractivity contribution in [3.63, 3.8) is 0 Å². The second-order valence-corrected chi connectivity index (χ2v) is 12.6. The SMILES string of the molecule is CS(=O)(=O)N(CC(=O)N(Cc1ccc(F)cc1)[C@@H](Cc1ccccc1)C(=O)NC1CCCC1)c1ccc2c(c1)OCO2. The molecule has 9 nitrogen and oxygen atoms in total. The third-order valence-electron chi connectivity index (χ3n) is 7.56. The molecule has 1 aliphatic carbocycles. The lowest BCUT2D eigenvalue weighted by molar-refractivity contribution is -0.140. The van der Waals surface area contributed by atoms with Crippen LogP contribution in [0, 0.1) is 5.82 Å². The largest absolute Gasteiger partial charge is 0.454 e. The summed E-state index contributed by atoms with van der Waals surface area (Å²) < 4.78 is 51.4. The van der Waals surface area contributed by atoms with E-state index in [1.165, 1.54) is 23.1 Å². The second-order valence-electron chi connectivity index (χ2n) is 10.7. The van der Waals surface area contributed by atoms with Crippen molar-refractivity contribution in [1.29, 1.82) is 0 Å². The molecule has 0 bridgehead atoms. The minimum atomic E-state index is -3.93. The average Bonchev–Trinajstić information content (AvgIpc) is 3.66. The number of rotatable bonds is 11. The quantitative estimate of drug-likeness (QED) is 0.359. The van der Waals surface area contributed by atoms with Gasteiger partial charge in [-0.25, -0.2) is 12.8 Å². The Hall–Kier alpha value is -4.12. The number of anilines is 1. The van der Waals surface area contributed by atoms with E-state index in [1.54, 1.807) is 24.3 Å². The maximum atomic E-state index is 14.2. The molecule has 0 unspecified atom stereocenters. The molecule has 1 aliphatic heterocycles. The number of fused-ring (bicyclic) bond motifs is 1. The van der Waals surface area contributed by atoms with Crippen molar-refractivity contribution in [3.8, 4) is 11.5 Å². The molecule has 1 fully saturated rings. The van der Waals surface area contributed by atoms with Crippen molar-refractivity contribution in [2.75, 3.05) is 23.9 Å². The summed E-state index contributed by atoms with van der Waals surface area (Å²) in [5, 5.41) is 3.12. The second kappa shape index (κ2) is 12.8. The highest BCUT2D eigenvalue weighted by molar-refractivity contribution is 7.92. The molecule has 1 N–H and O–H groups in total. The van der Waals surface area contributed by atoms with Gasteiger partial charge in [-0.2, -0.15) is 0 Å².